The average Bonchev–Trinajstić information content (AvgIpc) is 2.85. The molecule has 0 saturated carbocycles. The van der Waals surface area contributed by atoms with Crippen molar-refractivity contribution in [2.24, 2.45) is 0 Å². The largest absolute Gasteiger partial charge is 0.435 e. The fourth-order valence-electron chi connectivity index (χ4n) is 3.34. The van der Waals surface area contributed by atoms with Gasteiger partial charge in [0.15, 0.2) is 0 Å². The Bertz CT molecular complexity index is 1430. The maximum absolute atomic E-state index is 14.4. The molecule has 0 aliphatic carbocycles. The van der Waals surface area contributed by atoms with Gasteiger partial charge in [-0.3, -0.25) is 9.59 Å². The molecule has 5 nitrogen and oxygen atoms in total. The molecule has 0 radical (unpaired) electrons. The van der Waals surface area contributed by atoms with E-state index in [9.17, 15) is 53.5 Å². The minimum absolute atomic E-state index is 0.0236. The highest BCUT2D eigenvalue weighted by molar-refractivity contribution is 14.1. The topological polar surface area (TPSA) is 62.3 Å². The molecule has 214 valence electrons. The summed E-state index contributed by atoms with van der Waals surface area (Å²) in [7, 11) is 0. The number of hydrogen-bond donors (Lipinski definition) is 1. The van der Waals surface area contributed by atoms with Crippen molar-refractivity contribution in [3.05, 3.63) is 88.2 Å². The molecular formula is C23H11ClF10IN3O2. The number of nitrogens with zero attached hydrogens (tertiary/aromatic N) is 2. The summed E-state index contributed by atoms with van der Waals surface area (Å²) in [5, 5.41) is 2.24. The number of halogens is 12. The van der Waals surface area contributed by atoms with Crippen LogP contribution in [0.2, 0.25) is 5.15 Å². The van der Waals surface area contributed by atoms with Crippen molar-refractivity contribution in [3.8, 4) is 0 Å². The summed E-state index contributed by atoms with van der Waals surface area (Å²) in [5.74, 6) is -1.97. The Labute approximate surface area is 236 Å². The number of carbonyl (C=O) groups is 2. The first-order valence-electron chi connectivity index (χ1n) is 10.3. The van der Waals surface area contributed by atoms with Gasteiger partial charge < -0.3 is 5.32 Å². The Morgan fingerprint density at radius 1 is 0.850 bits per heavy atom. The Hall–Kier alpha value is -3.15. The maximum atomic E-state index is 14.4. The first-order chi connectivity index (χ1) is 18.3. The molecule has 2 amide bonds. The van der Waals surface area contributed by atoms with Crippen LogP contribution in [0.25, 0.3) is 0 Å². The Morgan fingerprint density at radius 3 is 2.02 bits per heavy atom. The van der Waals surface area contributed by atoms with Gasteiger partial charge in [0.1, 0.15) is 5.15 Å². The molecule has 1 heterocycles. The summed E-state index contributed by atoms with van der Waals surface area (Å²) in [6.07, 6.45) is -17.6. The molecule has 0 bridgehead atoms. The summed E-state index contributed by atoms with van der Waals surface area (Å²) in [5.41, 5.74) is -12.2. The Morgan fingerprint density at radius 2 is 1.48 bits per heavy atom. The van der Waals surface area contributed by atoms with Crippen molar-refractivity contribution in [2.75, 3.05) is 8.43 Å². The van der Waals surface area contributed by atoms with E-state index in [1.165, 1.54) is 30.5 Å². The van der Waals surface area contributed by atoms with Crippen LogP contribution in [0.15, 0.2) is 60.8 Å². The smallest absolute Gasteiger partial charge is 0.322 e. The molecule has 3 aromatic rings. The highest BCUT2D eigenvalue weighted by Crippen LogP contribution is 2.54. The van der Waals surface area contributed by atoms with Gasteiger partial charge in [-0.2, -0.15) is 39.5 Å². The molecule has 2 aromatic carbocycles. The van der Waals surface area contributed by atoms with Gasteiger partial charge in [0.25, 0.3) is 11.8 Å². The lowest BCUT2D eigenvalue weighted by Gasteiger charge is -2.31. The zero-order valence-electron chi connectivity index (χ0n) is 19.0. The van der Waals surface area contributed by atoms with Crippen LogP contribution in [0.3, 0.4) is 0 Å². The molecule has 1 aromatic heterocycles. The van der Waals surface area contributed by atoms with Gasteiger partial charge in [-0.05, 0) is 42.5 Å². The molecule has 0 aliphatic rings. The van der Waals surface area contributed by atoms with Gasteiger partial charge in [-0.15, -0.1) is 0 Å². The van der Waals surface area contributed by atoms with E-state index in [1.54, 1.807) is 0 Å². The molecule has 40 heavy (non-hydrogen) atoms. The number of rotatable bonds is 5. The Balaban J connectivity index is 2.00. The predicted molar refractivity (Wildman–Crippen MR) is 131 cm³/mol. The highest BCUT2D eigenvalue weighted by Gasteiger charge is 2.73. The number of anilines is 2. The summed E-state index contributed by atoms with van der Waals surface area (Å²) in [4.78, 5) is 29.1. The molecule has 1 N–H and O–H groups in total. The first-order valence-corrected chi connectivity index (χ1v) is 11.7. The van der Waals surface area contributed by atoms with E-state index in [0.717, 1.165) is 35.0 Å². The maximum Gasteiger partial charge on any atom is 0.435 e. The average molecular weight is 714 g/mol. The van der Waals surface area contributed by atoms with Crippen molar-refractivity contribution < 1.29 is 53.5 Å². The van der Waals surface area contributed by atoms with Gasteiger partial charge >= 0.3 is 24.2 Å². The predicted octanol–water partition coefficient (Wildman–Crippen LogP) is 8.29. The number of pyridine rings is 1. The van der Waals surface area contributed by atoms with E-state index in [1.807, 2.05) is 0 Å². The van der Waals surface area contributed by atoms with E-state index in [-0.39, 0.29) is 37.2 Å². The van der Waals surface area contributed by atoms with Crippen LogP contribution in [-0.2, 0) is 11.8 Å². The van der Waals surface area contributed by atoms with Gasteiger partial charge in [0, 0.05) is 23.0 Å². The second kappa shape index (κ2) is 11.0. The van der Waals surface area contributed by atoms with Gasteiger partial charge in [-0.1, -0.05) is 23.7 Å². The molecule has 0 atom stereocenters. The lowest BCUT2D eigenvalue weighted by atomic mass is 9.92. The summed E-state index contributed by atoms with van der Waals surface area (Å²) in [6, 6.07) is 6.76. The number of carbonyl (C=O) groups excluding carboxylic acids is 2. The lowest BCUT2D eigenvalue weighted by molar-refractivity contribution is -0.348. The molecule has 0 saturated heterocycles. The summed E-state index contributed by atoms with van der Waals surface area (Å²) >= 11 is 6.89. The van der Waals surface area contributed by atoms with Crippen LogP contribution in [-0.4, -0.2) is 29.2 Å². The van der Waals surface area contributed by atoms with E-state index < -0.39 is 58.9 Å². The second-order valence-corrected chi connectivity index (χ2v) is 9.17. The zero-order valence-corrected chi connectivity index (χ0v) is 21.9. The summed E-state index contributed by atoms with van der Waals surface area (Å²) < 4.78 is 135. The molecular weight excluding hydrogens is 703 g/mol. The van der Waals surface area contributed by atoms with Crippen LogP contribution in [0.4, 0.5) is 55.3 Å². The van der Waals surface area contributed by atoms with Gasteiger partial charge in [0.05, 0.1) is 39.7 Å². The third-order valence-corrected chi connectivity index (χ3v) is 6.50. The Kier molecular flexibility index (Phi) is 8.65. The third kappa shape index (κ3) is 6.11. The quantitative estimate of drug-likeness (QED) is 0.125. The molecule has 0 aliphatic heterocycles. The fraction of sp³-hybridized carbons (Fsp3) is 0.174. The van der Waals surface area contributed by atoms with Crippen molar-refractivity contribution in [1.82, 2.24) is 4.98 Å². The van der Waals surface area contributed by atoms with Crippen molar-refractivity contribution in [1.29, 1.82) is 0 Å². The lowest BCUT2D eigenvalue weighted by Crippen LogP contribution is -2.50. The molecule has 17 heteroatoms. The summed E-state index contributed by atoms with van der Waals surface area (Å²) in [6.45, 7) is 0. The van der Waals surface area contributed by atoms with E-state index >= 15 is 0 Å². The zero-order chi connectivity index (χ0) is 30.3. The number of amides is 2. The highest BCUT2D eigenvalue weighted by atomic mass is 127. The molecule has 0 fully saturated rings. The van der Waals surface area contributed by atoms with Crippen molar-refractivity contribution in [2.45, 2.75) is 24.2 Å². The van der Waals surface area contributed by atoms with Gasteiger partial charge in [-0.25, -0.2) is 12.5 Å². The molecule has 3 rings (SSSR count). The fourth-order valence-corrected chi connectivity index (χ4v) is 4.25. The van der Waals surface area contributed by atoms with E-state index in [2.05, 4.69) is 10.3 Å². The van der Waals surface area contributed by atoms with Gasteiger partial charge in [0.2, 0.25) is 0 Å². The van der Waals surface area contributed by atoms with Crippen LogP contribution in [0.5, 0.6) is 0 Å². The number of hydrogen-bond acceptors (Lipinski definition) is 3. The number of alkyl halides is 10. The van der Waals surface area contributed by atoms with Crippen LogP contribution < -0.4 is 8.43 Å². The first kappa shape index (κ1) is 31.4. The minimum atomic E-state index is -6.65. The SMILES string of the molecule is O=C(Nc1cccc(C(=O)N(I)c2ccc(C(F)(C(F)(F)F)C(F)(F)F)cc2C(F)(F)F)c1)c1cccnc1Cl. The van der Waals surface area contributed by atoms with Crippen LogP contribution in [0.1, 0.15) is 31.8 Å². The van der Waals surface area contributed by atoms with Crippen LogP contribution >= 0.6 is 34.5 Å². The van der Waals surface area contributed by atoms with E-state index in [0.29, 0.717) is 0 Å². The monoisotopic (exact) mass is 713 g/mol. The van der Waals surface area contributed by atoms with Crippen molar-refractivity contribution >= 4 is 57.7 Å². The minimum Gasteiger partial charge on any atom is -0.322 e. The molecule has 0 spiro atoms. The van der Waals surface area contributed by atoms with Crippen LogP contribution in [0, 0.1) is 0 Å². The second-order valence-electron chi connectivity index (χ2n) is 7.85. The van der Waals surface area contributed by atoms with Crippen molar-refractivity contribution in [3.63, 3.8) is 0 Å². The standard InChI is InChI=1S/C23H11ClF10IN3O2/c24-17-14(5-2-8-36-17)18(39)37-13-4-1-3-11(9-13)19(40)38(35)16-7-6-12(10-15(16)21(26,27)28)20(25,22(29,30)31)23(32,33)34/h1-10H,(H,37,39). The third-order valence-electron chi connectivity index (χ3n) is 5.24. The number of nitrogens with one attached hydrogen (secondary N) is 1. The molecule has 0 unspecified atom stereocenters. The number of benzene rings is 2. The number of aromatic nitrogens is 1. The van der Waals surface area contributed by atoms with E-state index in [4.69, 9.17) is 11.6 Å². The normalized spacial score (nSPS) is 12.7.